The van der Waals surface area contributed by atoms with Crippen LogP contribution in [0.15, 0.2) is 0 Å². The lowest BCUT2D eigenvalue weighted by Crippen LogP contribution is -2.89. The summed E-state index contributed by atoms with van der Waals surface area (Å²) < 4.78 is 33.8. The number of halogens is 3. The SMILES string of the molecule is O=C([O-])C[NH2+]CC(F)(F)F. The predicted octanol–water partition coefficient (Wildman–Crippen LogP) is -2.14. The molecule has 0 aromatic heterocycles. The number of hydrogen-bond donors (Lipinski definition) is 1. The molecule has 0 saturated carbocycles. The number of hydrogen-bond acceptors (Lipinski definition) is 2. The van der Waals surface area contributed by atoms with Crippen LogP contribution in [0.4, 0.5) is 13.2 Å². The summed E-state index contributed by atoms with van der Waals surface area (Å²) in [6.07, 6.45) is -4.31. The van der Waals surface area contributed by atoms with Crippen molar-refractivity contribution in [2.45, 2.75) is 6.18 Å². The number of quaternary nitrogens is 1. The van der Waals surface area contributed by atoms with Crippen LogP contribution in [0.5, 0.6) is 0 Å². The lowest BCUT2D eigenvalue weighted by molar-refractivity contribution is -0.671. The van der Waals surface area contributed by atoms with E-state index in [0.717, 1.165) is 0 Å². The molecule has 0 aliphatic rings. The Kier molecular flexibility index (Phi) is 3.14. The molecule has 3 nitrogen and oxygen atoms in total. The third-order valence-corrected chi connectivity index (χ3v) is 0.687. The van der Waals surface area contributed by atoms with E-state index in [9.17, 15) is 23.1 Å². The molecule has 0 fully saturated rings. The Hall–Kier alpha value is -0.780. The minimum Gasteiger partial charge on any atom is -0.544 e. The summed E-state index contributed by atoms with van der Waals surface area (Å²) in [6, 6.07) is 0. The predicted molar refractivity (Wildman–Crippen MR) is 22.7 cm³/mol. The van der Waals surface area contributed by atoms with E-state index in [1.165, 1.54) is 0 Å². The molecular formula is C4H6F3NO2. The molecule has 0 aliphatic carbocycles. The first kappa shape index (κ1) is 9.22. The number of rotatable bonds is 3. The number of carbonyl (C=O) groups is 1. The van der Waals surface area contributed by atoms with Crippen molar-refractivity contribution < 1.29 is 28.4 Å². The molecule has 60 valence electrons. The summed E-state index contributed by atoms with van der Waals surface area (Å²) >= 11 is 0. The van der Waals surface area contributed by atoms with Crippen LogP contribution in [-0.2, 0) is 4.79 Å². The summed E-state index contributed by atoms with van der Waals surface area (Å²) in [7, 11) is 0. The van der Waals surface area contributed by atoms with Gasteiger partial charge in [-0.1, -0.05) is 0 Å². The number of alkyl halides is 3. The minimum absolute atomic E-state index is 0.620. The van der Waals surface area contributed by atoms with Crippen LogP contribution >= 0.6 is 0 Å². The van der Waals surface area contributed by atoms with Crippen LogP contribution < -0.4 is 10.4 Å². The number of nitrogens with two attached hydrogens (primary N) is 1. The number of carboxylic acids is 1. The Labute approximate surface area is 54.8 Å². The first-order valence-corrected chi connectivity index (χ1v) is 2.50. The second-order valence-corrected chi connectivity index (χ2v) is 1.68. The highest BCUT2D eigenvalue weighted by Crippen LogP contribution is 2.09. The van der Waals surface area contributed by atoms with E-state index < -0.39 is 25.2 Å². The average molecular weight is 157 g/mol. The molecule has 0 radical (unpaired) electrons. The summed E-state index contributed by atoms with van der Waals surface area (Å²) in [5.74, 6) is -1.50. The van der Waals surface area contributed by atoms with Crippen molar-refractivity contribution in [2.75, 3.05) is 13.1 Å². The maximum absolute atomic E-state index is 11.3. The fraction of sp³-hybridized carbons (Fsp3) is 0.750. The van der Waals surface area contributed by atoms with Gasteiger partial charge >= 0.3 is 6.18 Å². The molecule has 0 aromatic rings. The molecule has 0 aromatic carbocycles. The molecule has 0 atom stereocenters. The van der Waals surface area contributed by atoms with E-state index in [1.807, 2.05) is 0 Å². The zero-order chi connectivity index (χ0) is 8.20. The van der Waals surface area contributed by atoms with Crippen LogP contribution in [0.25, 0.3) is 0 Å². The van der Waals surface area contributed by atoms with Gasteiger partial charge in [0.15, 0.2) is 6.54 Å². The molecule has 10 heavy (non-hydrogen) atoms. The van der Waals surface area contributed by atoms with Gasteiger partial charge in [0, 0.05) is 0 Å². The summed E-state index contributed by atoms with van der Waals surface area (Å²) in [5.41, 5.74) is 0. The van der Waals surface area contributed by atoms with Gasteiger partial charge in [0.1, 0.15) is 6.54 Å². The summed E-state index contributed by atoms with van der Waals surface area (Å²) in [6.45, 7) is -1.83. The normalized spacial score (nSPS) is 11.5. The van der Waals surface area contributed by atoms with Crippen molar-refractivity contribution >= 4 is 5.97 Å². The standard InChI is InChI=1S/C4H6F3NO2/c5-4(6,7)2-8-1-3(9)10/h8H,1-2H2,(H,9,10). The first-order chi connectivity index (χ1) is 4.42. The second-order valence-electron chi connectivity index (χ2n) is 1.68. The van der Waals surface area contributed by atoms with Crippen molar-refractivity contribution in [2.24, 2.45) is 0 Å². The molecule has 6 heteroatoms. The lowest BCUT2D eigenvalue weighted by atomic mass is 10.6. The van der Waals surface area contributed by atoms with Gasteiger partial charge in [-0.3, -0.25) is 0 Å². The van der Waals surface area contributed by atoms with Gasteiger partial charge in [-0.15, -0.1) is 0 Å². The summed E-state index contributed by atoms with van der Waals surface area (Å²) in [4.78, 5) is 9.58. The van der Waals surface area contributed by atoms with E-state index in [2.05, 4.69) is 0 Å². The van der Waals surface area contributed by atoms with Crippen LogP contribution in [0, 0.1) is 0 Å². The van der Waals surface area contributed by atoms with Crippen LogP contribution in [0.2, 0.25) is 0 Å². The van der Waals surface area contributed by atoms with E-state index in [0.29, 0.717) is 5.32 Å². The van der Waals surface area contributed by atoms with Gasteiger partial charge in [-0.25, -0.2) is 0 Å². The van der Waals surface area contributed by atoms with Gasteiger partial charge in [0.05, 0.1) is 5.97 Å². The third kappa shape index (κ3) is 7.22. The highest BCUT2D eigenvalue weighted by atomic mass is 19.4. The maximum Gasteiger partial charge on any atom is 0.438 e. The zero-order valence-corrected chi connectivity index (χ0v) is 4.94. The Bertz CT molecular complexity index is 122. The largest absolute Gasteiger partial charge is 0.544 e. The number of carboxylic acid groups (broad SMARTS) is 1. The molecule has 2 N–H and O–H groups in total. The van der Waals surface area contributed by atoms with Gasteiger partial charge < -0.3 is 15.2 Å². The number of carbonyl (C=O) groups excluding carboxylic acids is 1. The van der Waals surface area contributed by atoms with Gasteiger partial charge in [-0.2, -0.15) is 13.2 Å². The third-order valence-electron chi connectivity index (χ3n) is 0.687. The smallest absolute Gasteiger partial charge is 0.438 e. The van der Waals surface area contributed by atoms with Gasteiger partial charge in [-0.05, 0) is 0 Å². The molecule has 0 bridgehead atoms. The van der Waals surface area contributed by atoms with Crippen molar-refractivity contribution in [3.8, 4) is 0 Å². The van der Waals surface area contributed by atoms with E-state index >= 15 is 0 Å². The first-order valence-electron chi connectivity index (χ1n) is 2.50. The summed E-state index contributed by atoms with van der Waals surface area (Å²) in [5, 5.41) is 10.2. The fourth-order valence-corrected chi connectivity index (χ4v) is 0.354. The Morgan fingerprint density at radius 2 is 2.00 bits per heavy atom. The maximum atomic E-state index is 11.3. The van der Waals surface area contributed by atoms with Crippen LogP contribution in [0.3, 0.4) is 0 Å². The van der Waals surface area contributed by atoms with Crippen LogP contribution in [-0.4, -0.2) is 25.2 Å². The molecule has 0 rings (SSSR count). The zero-order valence-electron chi connectivity index (χ0n) is 4.94. The molecule has 0 aliphatic heterocycles. The van der Waals surface area contributed by atoms with Crippen molar-refractivity contribution in [1.82, 2.24) is 0 Å². The second kappa shape index (κ2) is 3.40. The highest BCUT2D eigenvalue weighted by molar-refractivity contribution is 5.64. The Balaban J connectivity index is 3.29. The van der Waals surface area contributed by atoms with Crippen molar-refractivity contribution in [1.29, 1.82) is 0 Å². The fourth-order valence-electron chi connectivity index (χ4n) is 0.354. The topological polar surface area (TPSA) is 56.7 Å². The Morgan fingerprint density at radius 1 is 1.50 bits per heavy atom. The van der Waals surface area contributed by atoms with E-state index in [1.54, 1.807) is 0 Å². The molecule has 0 heterocycles. The molecular weight excluding hydrogens is 151 g/mol. The monoisotopic (exact) mass is 157 g/mol. The lowest BCUT2D eigenvalue weighted by Gasteiger charge is -2.04. The average Bonchev–Trinajstić information content (AvgIpc) is 1.59. The molecule has 0 unspecified atom stereocenters. The van der Waals surface area contributed by atoms with Gasteiger partial charge in [0.25, 0.3) is 0 Å². The quantitative estimate of drug-likeness (QED) is 0.508. The van der Waals surface area contributed by atoms with Crippen molar-refractivity contribution in [3.63, 3.8) is 0 Å². The van der Waals surface area contributed by atoms with Gasteiger partial charge in [0.2, 0.25) is 0 Å². The van der Waals surface area contributed by atoms with E-state index in [4.69, 9.17) is 0 Å². The van der Waals surface area contributed by atoms with Crippen molar-refractivity contribution in [3.05, 3.63) is 0 Å². The molecule has 0 saturated heterocycles. The Morgan fingerprint density at radius 3 is 2.30 bits per heavy atom. The molecule has 0 spiro atoms. The number of aliphatic carboxylic acids is 1. The molecule has 0 amide bonds. The minimum atomic E-state index is -4.31. The van der Waals surface area contributed by atoms with E-state index in [-0.39, 0.29) is 0 Å². The highest BCUT2D eigenvalue weighted by Gasteiger charge is 2.29. The van der Waals surface area contributed by atoms with Crippen LogP contribution in [0.1, 0.15) is 0 Å².